The van der Waals surface area contributed by atoms with Gasteiger partial charge >= 0.3 is 0 Å². The lowest BCUT2D eigenvalue weighted by Crippen LogP contribution is -2.42. The van der Waals surface area contributed by atoms with E-state index in [1.165, 1.54) is 5.56 Å². The number of hydrogen-bond donors (Lipinski definition) is 1. The minimum Gasteiger partial charge on any atom is -0.351 e. The topological polar surface area (TPSA) is 72.2 Å². The van der Waals surface area contributed by atoms with Gasteiger partial charge in [0.2, 0.25) is 0 Å². The average molecular weight is 448 g/mol. The van der Waals surface area contributed by atoms with Crippen molar-refractivity contribution in [3.8, 4) is 0 Å². The van der Waals surface area contributed by atoms with E-state index < -0.39 is 0 Å². The van der Waals surface area contributed by atoms with Gasteiger partial charge in [-0.1, -0.05) is 30.3 Å². The van der Waals surface area contributed by atoms with Crippen LogP contribution in [0.15, 0.2) is 48.7 Å². The first-order valence-electron chi connectivity index (χ1n) is 11.7. The van der Waals surface area contributed by atoms with Crippen LogP contribution in [-0.2, 0) is 33.4 Å². The van der Waals surface area contributed by atoms with E-state index in [1.807, 2.05) is 56.5 Å². The Morgan fingerprint density at radius 1 is 1.09 bits per heavy atom. The molecular weight excluding hydrogens is 414 g/mol. The molecule has 0 spiro atoms. The summed E-state index contributed by atoms with van der Waals surface area (Å²) in [6.45, 7) is 0.489. The van der Waals surface area contributed by atoms with Crippen molar-refractivity contribution < 1.29 is 9.59 Å². The summed E-state index contributed by atoms with van der Waals surface area (Å²) >= 11 is 0. The Morgan fingerprint density at radius 2 is 1.85 bits per heavy atom. The maximum Gasteiger partial charge on any atom is 0.272 e. The van der Waals surface area contributed by atoms with Gasteiger partial charge in [-0.05, 0) is 56.2 Å². The zero-order chi connectivity index (χ0) is 23.4. The standard InChI is InChI=1S/C26H33N5O2/c1-29-17-9-14-23(29)25(32)27-16-15-20(18-19-10-5-4-6-11-19)30(2)26(33)24-21-12-7-8-13-22(21)28-31(24)3/h4-6,9-11,14,17,20H,7-8,12-13,15-16,18H2,1-3H3,(H,27,32). The third kappa shape index (κ3) is 5.02. The third-order valence-electron chi connectivity index (χ3n) is 6.64. The maximum atomic E-state index is 13.6. The van der Waals surface area contributed by atoms with Crippen molar-refractivity contribution >= 4 is 11.8 Å². The number of hydrogen-bond acceptors (Lipinski definition) is 3. The summed E-state index contributed by atoms with van der Waals surface area (Å²) in [5.74, 6) is -0.0986. The molecule has 0 fully saturated rings. The molecule has 2 heterocycles. The van der Waals surface area contributed by atoms with Crippen LogP contribution in [0, 0.1) is 0 Å². The molecule has 7 heteroatoms. The summed E-state index contributed by atoms with van der Waals surface area (Å²) in [5, 5.41) is 7.65. The predicted molar refractivity (Wildman–Crippen MR) is 128 cm³/mol. The molecule has 2 aromatic heterocycles. The van der Waals surface area contributed by atoms with E-state index in [0.29, 0.717) is 24.4 Å². The molecule has 1 N–H and O–H groups in total. The smallest absolute Gasteiger partial charge is 0.272 e. The van der Waals surface area contributed by atoms with Crippen molar-refractivity contribution in [2.75, 3.05) is 13.6 Å². The lowest BCUT2D eigenvalue weighted by atomic mass is 9.95. The number of nitrogens with zero attached hydrogens (tertiary/aromatic N) is 4. The van der Waals surface area contributed by atoms with Crippen LogP contribution in [0.1, 0.15) is 57.1 Å². The van der Waals surface area contributed by atoms with Crippen LogP contribution < -0.4 is 5.32 Å². The molecule has 1 aliphatic carbocycles. The van der Waals surface area contributed by atoms with Crippen LogP contribution in [0.2, 0.25) is 0 Å². The lowest BCUT2D eigenvalue weighted by molar-refractivity contribution is 0.0710. The zero-order valence-corrected chi connectivity index (χ0v) is 19.8. The first-order valence-corrected chi connectivity index (χ1v) is 11.7. The highest BCUT2D eigenvalue weighted by molar-refractivity contribution is 5.94. The number of amides is 2. The third-order valence-corrected chi connectivity index (χ3v) is 6.64. The van der Waals surface area contributed by atoms with Gasteiger partial charge in [0.25, 0.3) is 11.8 Å². The van der Waals surface area contributed by atoms with E-state index >= 15 is 0 Å². The maximum absolute atomic E-state index is 13.6. The van der Waals surface area contributed by atoms with Crippen LogP contribution in [0.4, 0.5) is 0 Å². The Morgan fingerprint density at radius 3 is 2.58 bits per heavy atom. The Kier molecular flexibility index (Phi) is 6.96. The van der Waals surface area contributed by atoms with Crippen molar-refractivity contribution in [2.45, 2.75) is 44.6 Å². The molecule has 0 saturated carbocycles. The number of carbonyl (C=O) groups is 2. The van der Waals surface area contributed by atoms with Gasteiger partial charge in [0.1, 0.15) is 11.4 Å². The van der Waals surface area contributed by atoms with E-state index in [2.05, 4.69) is 22.5 Å². The van der Waals surface area contributed by atoms with Crippen LogP contribution in [0.5, 0.6) is 0 Å². The van der Waals surface area contributed by atoms with Crippen molar-refractivity contribution in [3.63, 3.8) is 0 Å². The number of fused-ring (bicyclic) bond motifs is 1. The molecule has 1 aliphatic rings. The second kappa shape index (κ2) is 10.1. The lowest BCUT2D eigenvalue weighted by Gasteiger charge is -2.29. The molecule has 0 saturated heterocycles. The summed E-state index contributed by atoms with van der Waals surface area (Å²) in [4.78, 5) is 28.0. The molecule has 1 unspecified atom stereocenters. The number of nitrogens with one attached hydrogen (secondary N) is 1. The van der Waals surface area contributed by atoms with Gasteiger partial charge in [-0.15, -0.1) is 0 Å². The second-order valence-corrected chi connectivity index (χ2v) is 8.91. The number of likely N-dealkylation sites (N-methyl/N-ethyl adjacent to an activating group) is 1. The van der Waals surface area contributed by atoms with E-state index in [0.717, 1.165) is 43.4 Å². The zero-order valence-electron chi connectivity index (χ0n) is 19.8. The highest BCUT2D eigenvalue weighted by Gasteiger charge is 2.29. The Labute approximate surface area is 195 Å². The van der Waals surface area contributed by atoms with Gasteiger partial charge < -0.3 is 14.8 Å². The largest absolute Gasteiger partial charge is 0.351 e. The summed E-state index contributed by atoms with van der Waals surface area (Å²) < 4.78 is 3.56. The van der Waals surface area contributed by atoms with E-state index in [-0.39, 0.29) is 17.9 Å². The molecule has 7 nitrogen and oxygen atoms in total. The van der Waals surface area contributed by atoms with Gasteiger partial charge in [0.15, 0.2) is 0 Å². The number of aryl methyl sites for hydroxylation is 3. The Bertz CT molecular complexity index is 1120. The fraction of sp³-hybridized carbons (Fsp3) is 0.423. The molecular formula is C26H33N5O2. The minimum absolute atomic E-state index is 0.00263. The monoisotopic (exact) mass is 447 g/mol. The molecule has 174 valence electrons. The fourth-order valence-corrected chi connectivity index (χ4v) is 4.74. The summed E-state index contributed by atoms with van der Waals surface area (Å²) in [6.07, 6.45) is 7.32. The second-order valence-electron chi connectivity index (χ2n) is 8.91. The molecule has 33 heavy (non-hydrogen) atoms. The number of rotatable bonds is 8. The molecule has 1 atom stereocenters. The summed E-state index contributed by atoms with van der Waals surface area (Å²) in [6, 6.07) is 13.8. The van der Waals surface area contributed by atoms with Gasteiger partial charge in [-0.2, -0.15) is 5.10 Å². The van der Waals surface area contributed by atoms with Gasteiger partial charge in [0, 0.05) is 45.5 Å². The highest BCUT2D eigenvalue weighted by atomic mass is 16.2. The van der Waals surface area contributed by atoms with E-state index in [9.17, 15) is 9.59 Å². The Balaban J connectivity index is 1.50. The number of benzene rings is 1. The van der Waals surface area contributed by atoms with Crippen molar-refractivity contribution in [3.05, 3.63) is 76.9 Å². The molecule has 4 rings (SSSR count). The first-order chi connectivity index (χ1) is 16.0. The van der Waals surface area contributed by atoms with Crippen LogP contribution in [-0.4, -0.2) is 50.7 Å². The molecule has 3 aromatic rings. The van der Waals surface area contributed by atoms with Crippen molar-refractivity contribution in [1.82, 2.24) is 24.6 Å². The Hall–Kier alpha value is -3.35. The van der Waals surface area contributed by atoms with Gasteiger partial charge in [-0.3, -0.25) is 14.3 Å². The van der Waals surface area contributed by atoms with Gasteiger partial charge in [-0.25, -0.2) is 0 Å². The van der Waals surface area contributed by atoms with Crippen molar-refractivity contribution in [1.29, 1.82) is 0 Å². The quantitative estimate of drug-likeness (QED) is 0.577. The molecule has 0 radical (unpaired) electrons. The van der Waals surface area contributed by atoms with Crippen LogP contribution in [0.3, 0.4) is 0 Å². The number of aromatic nitrogens is 3. The predicted octanol–water partition coefficient (Wildman–Crippen LogP) is 3.14. The fourth-order valence-electron chi connectivity index (χ4n) is 4.74. The van der Waals surface area contributed by atoms with Crippen molar-refractivity contribution in [2.24, 2.45) is 14.1 Å². The molecule has 2 amide bonds. The molecule has 1 aromatic carbocycles. The summed E-state index contributed by atoms with van der Waals surface area (Å²) in [7, 11) is 5.59. The number of carbonyl (C=O) groups excluding carboxylic acids is 2. The molecule has 0 aliphatic heterocycles. The summed E-state index contributed by atoms with van der Waals surface area (Å²) in [5.41, 5.74) is 4.67. The SMILES string of the molecule is CN(C(=O)c1c2c(nn1C)CCCC2)C(CCNC(=O)c1cccn1C)Cc1ccccc1. The van der Waals surface area contributed by atoms with Crippen LogP contribution in [0.25, 0.3) is 0 Å². The molecule has 0 bridgehead atoms. The van der Waals surface area contributed by atoms with Crippen LogP contribution >= 0.6 is 0 Å². The first kappa shape index (κ1) is 22.8. The average Bonchev–Trinajstić information content (AvgIpc) is 3.40. The van der Waals surface area contributed by atoms with E-state index in [1.54, 1.807) is 15.3 Å². The van der Waals surface area contributed by atoms with Gasteiger partial charge in [0.05, 0.1) is 5.69 Å². The minimum atomic E-state index is -0.101. The normalized spacial score (nSPS) is 13.9. The van der Waals surface area contributed by atoms with E-state index in [4.69, 9.17) is 0 Å². The highest BCUT2D eigenvalue weighted by Crippen LogP contribution is 2.25.